The minimum atomic E-state index is 0.193. The number of carbonyl (C=O) groups excluding carboxylic acids is 1. The molecule has 1 aliphatic carbocycles. The van der Waals surface area contributed by atoms with E-state index in [4.69, 9.17) is 4.99 Å². The summed E-state index contributed by atoms with van der Waals surface area (Å²) in [5.41, 5.74) is 6.67. The zero-order valence-electron chi connectivity index (χ0n) is 18.9. The predicted molar refractivity (Wildman–Crippen MR) is 134 cm³/mol. The molecular formula is C26H33N3OS. The lowest BCUT2D eigenvalue weighted by atomic mass is 9.98. The van der Waals surface area contributed by atoms with E-state index in [0.29, 0.717) is 12.3 Å². The molecule has 0 bridgehead atoms. The summed E-state index contributed by atoms with van der Waals surface area (Å²) in [6, 6.07) is 6.67. The fraction of sp³-hybridized carbons (Fsp3) is 0.462. The highest BCUT2D eigenvalue weighted by Crippen LogP contribution is 2.34. The van der Waals surface area contributed by atoms with E-state index in [2.05, 4.69) is 53.7 Å². The van der Waals surface area contributed by atoms with Gasteiger partial charge < -0.3 is 10.2 Å². The van der Waals surface area contributed by atoms with Crippen molar-refractivity contribution in [1.82, 2.24) is 5.32 Å². The lowest BCUT2D eigenvalue weighted by Gasteiger charge is -2.30. The third kappa shape index (κ3) is 5.04. The Morgan fingerprint density at radius 2 is 2.10 bits per heavy atom. The first-order valence-electron chi connectivity index (χ1n) is 11.5. The molecule has 1 N–H and O–H groups in total. The SMILES string of the molecule is C/C=C(\N=C1SC=C(C)CC1CC)C1=Cc2ccc(N3CCNCC3)cc2CCC1=O. The first-order chi connectivity index (χ1) is 15.1. The highest BCUT2D eigenvalue weighted by molar-refractivity contribution is 8.16. The lowest BCUT2D eigenvalue weighted by molar-refractivity contribution is -0.115. The minimum Gasteiger partial charge on any atom is -0.369 e. The van der Waals surface area contributed by atoms with Crippen LogP contribution in [0.1, 0.15) is 51.2 Å². The van der Waals surface area contributed by atoms with Crippen molar-refractivity contribution < 1.29 is 4.79 Å². The van der Waals surface area contributed by atoms with Crippen LogP contribution in [-0.4, -0.2) is 37.0 Å². The summed E-state index contributed by atoms with van der Waals surface area (Å²) in [5.74, 6) is 0.637. The Kier molecular flexibility index (Phi) is 7.13. The number of anilines is 1. The van der Waals surface area contributed by atoms with Crippen LogP contribution < -0.4 is 10.2 Å². The molecule has 164 valence electrons. The number of thioether (sulfide) groups is 1. The molecule has 1 aromatic rings. The normalized spacial score (nSPS) is 23.9. The predicted octanol–water partition coefficient (Wildman–Crippen LogP) is 5.36. The summed E-state index contributed by atoms with van der Waals surface area (Å²) in [7, 11) is 0. The van der Waals surface area contributed by atoms with Crippen molar-refractivity contribution in [3.8, 4) is 0 Å². The second kappa shape index (κ2) is 10.0. The van der Waals surface area contributed by atoms with Gasteiger partial charge in [-0.25, -0.2) is 4.99 Å². The van der Waals surface area contributed by atoms with Gasteiger partial charge >= 0.3 is 0 Å². The van der Waals surface area contributed by atoms with Crippen LogP contribution in [0.3, 0.4) is 0 Å². The van der Waals surface area contributed by atoms with Gasteiger partial charge in [0.05, 0.1) is 10.7 Å². The Hall–Kier alpha value is -2.11. The molecule has 2 heterocycles. The molecule has 0 aromatic heterocycles. The van der Waals surface area contributed by atoms with Gasteiger partial charge in [0.15, 0.2) is 5.78 Å². The van der Waals surface area contributed by atoms with Crippen LogP contribution in [-0.2, 0) is 11.2 Å². The molecular weight excluding hydrogens is 402 g/mol. The topological polar surface area (TPSA) is 44.7 Å². The van der Waals surface area contributed by atoms with Crippen molar-refractivity contribution in [3.05, 3.63) is 57.7 Å². The van der Waals surface area contributed by atoms with Crippen LogP contribution in [0.5, 0.6) is 0 Å². The van der Waals surface area contributed by atoms with E-state index >= 15 is 0 Å². The van der Waals surface area contributed by atoms with Gasteiger partial charge in [0, 0.05) is 49.8 Å². The van der Waals surface area contributed by atoms with Gasteiger partial charge in [0.1, 0.15) is 0 Å². The lowest BCUT2D eigenvalue weighted by Crippen LogP contribution is -2.43. The molecule has 1 saturated heterocycles. The van der Waals surface area contributed by atoms with Crippen LogP contribution in [0.15, 0.2) is 51.5 Å². The number of piperazine rings is 1. The number of fused-ring (bicyclic) bond motifs is 1. The third-order valence-corrected chi connectivity index (χ3v) is 7.59. The average Bonchev–Trinajstić information content (AvgIpc) is 2.97. The van der Waals surface area contributed by atoms with Crippen LogP contribution >= 0.6 is 11.8 Å². The van der Waals surface area contributed by atoms with E-state index in [1.807, 2.05) is 13.0 Å². The van der Waals surface area contributed by atoms with Gasteiger partial charge in [-0.2, -0.15) is 0 Å². The number of ketones is 1. The molecule has 0 saturated carbocycles. The van der Waals surface area contributed by atoms with Gasteiger partial charge in [-0.15, -0.1) is 0 Å². The van der Waals surface area contributed by atoms with E-state index in [-0.39, 0.29) is 5.78 Å². The second-order valence-corrected chi connectivity index (χ2v) is 9.51. The van der Waals surface area contributed by atoms with E-state index in [1.165, 1.54) is 16.8 Å². The maximum Gasteiger partial charge on any atom is 0.165 e. The molecule has 1 fully saturated rings. The summed E-state index contributed by atoms with van der Waals surface area (Å²) in [4.78, 5) is 20.5. The molecule has 1 aromatic carbocycles. The van der Waals surface area contributed by atoms with Crippen LogP contribution in [0.2, 0.25) is 0 Å². The minimum absolute atomic E-state index is 0.193. The van der Waals surface area contributed by atoms with Crippen LogP contribution in [0.25, 0.3) is 6.08 Å². The maximum absolute atomic E-state index is 13.1. The Morgan fingerprint density at radius 1 is 1.29 bits per heavy atom. The van der Waals surface area contributed by atoms with Crippen LogP contribution in [0.4, 0.5) is 5.69 Å². The fourth-order valence-electron chi connectivity index (χ4n) is 4.52. The number of rotatable bonds is 4. The first-order valence-corrected chi connectivity index (χ1v) is 12.4. The molecule has 4 nitrogen and oxygen atoms in total. The summed E-state index contributed by atoms with van der Waals surface area (Å²) >= 11 is 1.72. The summed E-state index contributed by atoms with van der Waals surface area (Å²) in [6.07, 6.45) is 7.52. The molecule has 1 unspecified atom stereocenters. The quantitative estimate of drug-likeness (QED) is 0.691. The number of aryl methyl sites for hydroxylation is 1. The third-order valence-electron chi connectivity index (χ3n) is 6.40. The Morgan fingerprint density at radius 3 is 2.84 bits per heavy atom. The summed E-state index contributed by atoms with van der Waals surface area (Å²) < 4.78 is 0. The van der Waals surface area contributed by atoms with E-state index in [0.717, 1.165) is 67.3 Å². The number of hydrogen-bond donors (Lipinski definition) is 1. The fourth-order valence-corrected chi connectivity index (χ4v) is 5.53. The molecule has 0 spiro atoms. The molecule has 31 heavy (non-hydrogen) atoms. The Labute approximate surface area is 190 Å². The molecule has 4 rings (SSSR count). The largest absolute Gasteiger partial charge is 0.369 e. The van der Waals surface area contributed by atoms with Gasteiger partial charge in [0.25, 0.3) is 0 Å². The number of carbonyl (C=O) groups is 1. The van der Waals surface area contributed by atoms with Gasteiger partial charge in [0.2, 0.25) is 0 Å². The van der Waals surface area contributed by atoms with Crippen molar-refractivity contribution in [3.63, 3.8) is 0 Å². The monoisotopic (exact) mass is 435 g/mol. The number of nitrogens with one attached hydrogen (secondary N) is 1. The Balaban J connectivity index is 1.65. The van der Waals surface area contributed by atoms with Gasteiger partial charge in [-0.05, 0) is 67.9 Å². The average molecular weight is 436 g/mol. The molecule has 5 heteroatoms. The number of benzene rings is 1. The summed E-state index contributed by atoms with van der Waals surface area (Å²) in [5, 5.41) is 6.75. The van der Waals surface area contributed by atoms with Crippen LogP contribution in [0, 0.1) is 5.92 Å². The maximum atomic E-state index is 13.1. The van der Waals surface area contributed by atoms with Crippen molar-refractivity contribution in [2.75, 3.05) is 31.1 Å². The van der Waals surface area contributed by atoms with Crippen molar-refractivity contribution >= 4 is 34.4 Å². The second-order valence-electron chi connectivity index (χ2n) is 8.62. The summed E-state index contributed by atoms with van der Waals surface area (Å²) in [6.45, 7) is 10.5. The molecule has 0 amide bonds. The van der Waals surface area contributed by atoms with E-state index in [9.17, 15) is 4.79 Å². The zero-order valence-corrected chi connectivity index (χ0v) is 19.7. The standard InChI is InChI=1S/C26H33N3OS/c1-4-19-14-18(3)17-31-26(19)28-24(5-2)23-16-21-6-8-22(29-12-10-27-11-13-29)15-20(21)7-9-25(23)30/h5-6,8,15-17,19,27H,4,7,9-14H2,1-3H3/b24-5-,28-26?. The number of allylic oxidation sites excluding steroid dienone is 3. The molecule has 0 radical (unpaired) electrons. The zero-order chi connectivity index (χ0) is 21.8. The molecule has 3 aliphatic rings. The smallest absolute Gasteiger partial charge is 0.165 e. The van der Waals surface area contributed by atoms with Gasteiger partial charge in [-0.1, -0.05) is 36.4 Å². The Bertz CT molecular complexity index is 967. The molecule has 2 aliphatic heterocycles. The number of aliphatic imine (C=N–C) groups is 1. The van der Waals surface area contributed by atoms with Crippen molar-refractivity contribution in [2.45, 2.75) is 46.5 Å². The van der Waals surface area contributed by atoms with E-state index < -0.39 is 0 Å². The first kappa shape index (κ1) is 22.1. The number of nitrogens with zero attached hydrogens (tertiary/aromatic N) is 2. The molecule has 1 atom stereocenters. The number of Topliss-reactive ketones (excluding diaryl/α,β-unsaturated/α-hetero) is 1. The number of hydrogen-bond acceptors (Lipinski definition) is 5. The van der Waals surface area contributed by atoms with E-state index in [1.54, 1.807) is 11.8 Å². The highest BCUT2D eigenvalue weighted by atomic mass is 32.2. The highest BCUT2D eigenvalue weighted by Gasteiger charge is 2.23. The van der Waals surface area contributed by atoms with Crippen molar-refractivity contribution in [2.24, 2.45) is 10.9 Å². The van der Waals surface area contributed by atoms with Gasteiger partial charge in [-0.3, -0.25) is 4.79 Å². The van der Waals surface area contributed by atoms with Crippen molar-refractivity contribution in [1.29, 1.82) is 0 Å².